The normalized spacial score (nSPS) is 18.7. The van der Waals surface area contributed by atoms with Gasteiger partial charge in [-0.3, -0.25) is 9.59 Å². The predicted molar refractivity (Wildman–Crippen MR) is 96.3 cm³/mol. The third-order valence-electron chi connectivity index (χ3n) is 5.92. The van der Waals surface area contributed by atoms with Gasteiger partial charge in [0.2, 0.25) is 5.91 Å². The molecule has 0 aromatic carbocycles. The van der Waals surface area contributed by atoms with Crippen LogP contribution in [0.5, 0.6) is 0 Å². The van der Waals surface area contributed by atoms with Crippen molar-refractivity contribution in [1.82, 2.24) is 9.80 Å². The number of hydrogen-bond donors (Lipinski definition) is 0. The highest BCUT2D eigenvalue weighted by Gasteiger charge is 2.37. The molecule has 0 spiro atoms. The Morgan fingerprint density at radius 2 is 1.56 bits per heavy atom. The van der Waals surface area contributed by atoms with Crippen LogP contribution >= 0.6 is 0 Å². The maximum atomic E-state index is 12.8. The van der Waals surface area contributed by atoms with Crippen LogP contribution in [0, 0.1) is 30.6 Å². The van der Waals surface area contributed by atoms with Gasteiger partial charge in [0, 0.05) is 31.7 Å². The second kappa shape index (κ2) is 6.85. The quantitative estimate of drug-likeness (QED) is 0.824. The topological polar surface area (TPSA) is 53.8 Å². The number of hydrogen-bond acceptors (Lipinski definition) is 3. The number of rotatable bonds is 5. The van der Waals surface area contributed by atoms with E-state index >= 15 is 0 Å². The average molecular weight is 346 g/mol. The summed E-state index contributed by atoms with van der Waals surface area (Å²) in [5.41, 5.74) is 1.42. The molecule has 1 aromatic heterocycles. The average Bonchev–Trinajstić information content (AvgIpc) is 2.74. The number of nitrogens with zero attached hydrogens (tertiary/aromatic N) is 2. The lowest BCUT2D eigenvalue weighted by Gasteiger charge is -2.42. The molecule has 25 heavy (non-hydrogen) atoms. The van der Waals surface area contributed by atoms with Gasteiger partial charge in [-0.2, -0.15) is 0 Å². The fraction of sp³-hybridized carbons (Fsp3) is 0.700. The van der Waals surface area contributed by atoms with Gasteiger partial charge in [-0.25, -0.2) is 0 Å². The molecule has 0 unspecified atom stereocenters. The number of aryl methyl sites for hydroxylation is 1. The van der Waals surface area contributed by atoms with Crippen molar-refractivity contribution in [2.45, 2.75) is 41.0 Å². The van der Waals surface area contributed by atoms with Crippen LogP contribution in [0.2, 0.25) is 0 Å². The molecular formula is C20H30N2O3. The zero-order chi connectivity index (χ0) is 18.3. The lowest BCUT2D eigenvalue weighted by Crippen LogP contribution is -2.53. The van der Waals surface area contributed by atoms with Gasteiger partial charge >= 0.3 is 0 Å². The fourth-order valence-electron chi connectivity index (χ4n) is 3.56. The first-order chi connectivity index (χ1) is 11.8. The summed E-state index contributed by atoms with van der Waals surface area (Å²) in [6.07, 6.45) is 1.78. The summed E-state index contributed by atoms with van der Waals surface area (Å²) in [4.78, 5) is 29.0. The van der Waals surface area contributed by atoms with E-state index in [0.29, 0.717) is 35.0 Å². The van der Waals surface area contributed by atoms with E-state index in [0.717, 1.165) is 31.7 Å². The second-order valence-electron chi connectivity index (χ2n) is 8.41. The number of amides is 2. The molecule has 2 amide bonds. The van der Waals surface area contributed by atoms with Crippen LogP contribution in [0.3, 0.4) is 0 Å². The van der Waals surface area contributed by atoms with Crippen molar-refractivity contribution in [3.8, 4) is 0 Å². The van der Waals surface area contributed by atoms with Crippen molar-refractivity contribution in [2.24, 2.45) is 23.7 Å². The largest absolute Gasteiger partial charge is 0.468 e. The lowest BCUT2D eigenvalue weighted by atomic mass is 9.87. The molecule has 0 aliphatic carbocycles. The Hall–Kier alpha value is -1.78. The summed E-state index contributed by atoms with van der Waals surface area (Å²) in [7, 11) is 0. The highest BCUT2D eigenvalue weighted by Crippen LogP contribution is 2.29. The van der Waals surface area contributed by atoms with Crippen molar-refractivity contribution in [1.29, 1.82) is 0 Å². The highest BCUT2D eigenvalue weighted by molar-refractivity contribution is 5.98. The third-order valence-corrected chi connectivity index (χ3v) is 5.92. The number of carbonyl (C=O) groups excluding carboxylic acids is 2. The van der Waals surface area contributed by atoms with Gasteiger partial charge in [0.15, 0.2) is 0 Å². The number of carbonyl (C=O) groups is 2. The van der Waals surface area contributed by atoms with E-state index in [1.807, 2.05) is 16.7 Å². The summed E-state index contributed by atoms with van der Waals surface area (Å²) in [5.74, 6) is 2.96. The molecule has 0 saturated carbocycles. The number of furan rings is 1. The minimum Gasteiger partial charge on any atom is -0.468 e. The van der Waals surface area contributed by atoms with Crippen molar-refractivity contribution in [2.75, 3.05) is 26.2 Å². The van der Waals surface area contributed by atoms with Crippen LogP contribution in [-0.4, -0.2) is 47.8 Å². The minimum atomic E-state index is 0.00890. The van der Waals surface area contributed by atoms with E-state index in [-0.39, 0.29) is 18.2 Å². The molecule has 1 aromatic rings. The Bertz CT molecular complexity index is 650. The minimum absolute atomic E-state index is 0.00890. The summed E-state index contributed by atoms with van der Waals surface area (Å²) < 4.78 is 5.58. The molecule has 0 bridgehead atoms. The van der Waals surface area contributed by atoms with Gasteiger partial charge in [0.25, 0.3) is 5.91 Å². The SMILES string of the molecule is Cc1coc(CC(=O)N2CC(C(C)C)C2)c1C(=O)N1CC(C(C)C)C1. The van der Waals surface area contributed by atoms with Crippen LogP contribution in [0.1, 0.15) is 49.4 Å². The Kier molecular flexibility index (Phi) is 4.94. The zero-order valence-electron chi connectivity index (χ0n) is 16.0. The fourth-order valence-corrected chi connectivity index (χ4v) is 3.56. The zero-order valence-corrected chi connectivity index (χ0v) is 16.0. The van der Waals surface area contributed by atoms with Crippen LogP contribution in [-0.2, 0) is 11.2 Å². The first-order valence-electron chi connectivity index (χ1n) is 9.42. The van der Waals surface area contributed by atoms with Gasteiger partial charge in [-0.15, -0.1) is 0 Å². The van der Waals surface area contributed by atoms with Crippen molar-refractivity contribution < 1.29 is 14.0 Å². The van der Waals surface area contributed by atoms with E-state index in [1.165, 1.54) is 0 Å². The maximum absolute atomic E-state index is 12.8. The van der Waals surface area contributed by atoms with E-state index in [4.69, 9.17) is 4.42 Å². The molecule has 5 nitrogen and oxygen atoms in total. The van der Waals surface area contributed by atoms with E-state index < -0.39 is 0 Å². The first kappa shape index (κ1) is 18.0. The van der Waals surface area contributed by atoms with Crippen molar-refractivity contribution >= 4 is 11.8 Å². The molecule has 5 heteroatoms. The third kappa shape index (κ3) is 3.46. The molecule has 0 radical (unpaired) electrons. The van der Waals surface area contributed by atoms with Gasteiger partial charge in [-0.05, 0) is 30.6 Å². The van der Waals surface area contributed by atoms with Gasteiger partial charge in [0.05, 0.1) is 18.2 Å². The molecule has 138 valence electrons. The van der Waals surface area contributed by atoms with Gasteiger partial charge in [-0.1, -0.05) is 27.7 Å². The predicted octanol–water partition coefficient (Wildman–Crippen LogP) is 2.97. The Morgan fingerprint density at radius 1 is 1.04 bits per heavy atom. The van der Waals surface area contributed by atoms with Crippen LogP contribution in [0.15, 0.2) is 10.7 Å². The Labute approximate surface area is 150 Å². The van der Waals surface area contributed by atoms with Gasteiger partial charge < -0.3 is 14.2 Å². The highest BCUT2D eigenvalue weighted by atomic mass is 16.3. The molecule has 3 rings (SSSR count). The van der Waals surface area contributed by atoms with E-state index in [9.17, 15) is 9.59 Å². The van der Waals surface area contributed by atoms with Gasteiger partial charge in [0.1, 0.15) is 5.76 Å². The Morgan fingerprint density at radius 3 is 2.08 bits per heavy atom. The van der Waals surface area contributed by atoms with E-state index in [2.05, 4.69) is 27.7 Å². The second-order valence-corrected chi connectivity index (χ2v) is 8.41. The summed E-state index contributed by atoms with van der Waals surface area (Å²) in [5, 5.41) is 0. The van der Waals surface area contributed by atoms with Crippen molar-refractivity contribution in [3.63, 3.8) is 0 Å². The molecule has 3 heterocycles. The Balaban J connectivity index is 1.62. The lowest BCUT2D eigenvalue weighted by molar-refractivity contribution is -0.138. The standard InChI is InChI=1S/C20H30N2O3/c1-12(2)15-7-21(8-15)18(23)6-17-19(14(5)11-25-17)20(24)22-9-16(10-22)13(3)4/h11-13,15-16H,6-10H2,1-5H3. The molecule has 2 saturated heterocycles. The molecule has 2 aliphatic heterocycles. The molecule has 0 atom stereocenters. The van der Waals surface area contributed by atoms with Crippen LogP contribution in [0.4, 0.5) is 0 Å². The maximum Gasteiger partial charge on any atom is 0.257 e. The molecular weight excluding hydrogens is 316 g/mol. The number of likely N-dealkylation sites (tertiary alicyclic amines) is 2. The van der Waals surface area contributed by atoms with Crippen LogP contribution < -0.4 is 0 Å². The molecule has 0 N–H and O–H groups in total. The molecule has 2 aliphatic rings. The monoisotopic (exact) mass is 346 g/mol. The smallest absolute Gasteiger partial charge is 0.257 e. The summed E-state index contributed by atoms with van der Waals surface area (Å²) >= 11 is 0. The first-order valence-corrected chi connectivity index (χ1v) is 9.42. The van der Waals surface area contributed by atoms with Crippen LogP contribution in [0.25, 0.3) is 0 Å². The molecule has 2 fully saturated rings. The summed E-state index contributed by atoms with van der Waals surface area (Å²) in [6, 6.07) is 0. The van der Waals surface area contributed by atoms with Crippen molar-refractivity contribution in [3.05, 3.63) is 23.2 Å². The van der Waals surface area contributed by atoms with E-state index in [1.54, 1.807) is 6.26 Å². The summed E-state index contributed by atoms with van der Waals surface area (Å²) in [6.45, 7) is 13.9.